The monoisotopic (exact) mass is 255 g/mol. The van der Waals surface area contributed by atoms with Crippen LogP contribution < -0.4 is 10.6 Å². The van der Waals surface area contributed by atoms with Crippen molar-refractivity contribution in [1.29, 1.82) is 0 Å². The SMILES string of the molecule is CNCC(C)C(=O)NCCn1cc(C(=O)O)nn1. The highest BCUT2D eigenvalue weighted by Crippen LogP contribution is 1.93. The summed E-state index contributed by atoms with van der Waals surface area (Å²) in [6, 6.07) is 0. The number of rotatable bonds is 7. The van der Waals surface area contributed by atoms with Gasteiger partial charge in [0, 0.05) is 19.0 Å². The first-order valence-corrected chi connectivity index (χ1v) is 5.60. The predicted molar refractivity (Wildman–Crippen MR) is 63.1 cm³/mol. The van der Waals surface area contributed by atoms with Crippen molar-refractivity contribution in [2.24, 2.45) is 5.92 Å². The van der Waals surface area contributed by atoms with Crippen LogP contribution in [0.1, 0.15) is 17.4 Å². The van der Waals surface area contributed by atoms with Crippen molar-refractivity contribution in [3.63, 3.8) is 0 Å². The molecule has 1 atom stereocenters. The zero-order valence-corrected chi connectivity index (χ0v) is 10.4. The average molecular weight is 255 g/mol. The van der Waals surface area contributed by atoms with Crippen molar-refractivity contribution in [3.8, 4) is 0 Å². The molecule has 1 aromatic heterocycles. The van der Waals surface area contributed by atoms with E-state index in [4.69, 9.17) is 5.11 Å². The fourth-order valence-electron chi connectivity index (χ4n) is 1.37. The summed E-state index contributed by atoms with van der Waals surface area (Å²) < 4.78 is 1.38. The molecule has 100 valence electrons. The number of nitrogens with one attached hydrogen (secondary N) is 2. The van der Waals surface area contributed by atoms with E-state index >= 15 is 0 Å². The standard InChI is InChI=1S/C10H17N5O3/c1-7(5-11-2)9(16)12-3-4-15-6-8(10(17)18)13-14-15/h6-7,11H,3-5H2,1-2H3,(H,12,16)(H,17,18). The highest BCUT2D eigenvalue weighted by Gasteiger charge is 2.11. The number of carbonyl (C=O) groups is 2. The van der Waals surface area contributed by atoms with Gasteiger partial charge in [-0.3, -0.25) is 4.79 Å². The van der Waals surface area contributed by atoms with Gasteiger partial charge in [-0.05, 0) is 7.05 Å². The molecule has 1 unspecified atom stereocenters. The number of nitrogens with zero attached hydrogens (tertiary/aromatic N) is 3. The normalized spacial score (nSPS) is 12.1. The lowest BCUT2D eigenvalue weighted by molar-refractivity contribution is -0.124. The van der Waals surface area contributed by atoms with E-state index in [0.717, 1.165) is 0 Å². The minimum Gasteiger partial charge on any atom is -0.476 e. The highest BCUT2D eigenvalue weighted by molar-refractivity contribution is 5.84. The van der Waals surface area contributed by atoms with E-state index in [-0.39, 0.29) is 17.5 Å². The summed E-state index contributed by atoms with van der Waals surface area (Å²) in [7, 11) is 1.78. The van der Waals surface area contributed by atoms with Gasteiger partial charge < -0.3 is 15.7 Å². The lowest BCUT2D eigenvalue weighted by Gasteiger charge is -2.11. The van der Waals surface area contributed by atoms with Crippen molar-refractivity contribution in [2.75, 3.05) is 20.1 Å². The molecule has 0 aliphatic carbocycles. The maximum absolute atomic E-state index is 11.5. The van der Waals surface area contributed by atoms with Gasteiger partial charge in [0.25, 0.3) is 0 Å². The fraction of sp³-hybridized carbons (Fsp3) is 0.600. The molecule has 3 N–H and O–H groups in total. The first-order chi connectivity index (χ1) is 8.54. The van der Waals surface area contributed by atoms with Crippen LogP contribution in [-0.4, -0.2) is 52.1 Å². The Morgan fingerprint density at radius 1 is 1.56 bits per heavy atom. The molecule has 0 radical (unpaired) electrons. The number of hydrogen-bond donors (Lipinski definition) is 3. The Morgan fingerprint density at radius 3 is 2.83 bits per heavy atom. The summed E-state index contributed by atoms with van der Waals surface area (Å²) in [5.74, 6) is -1.28. The summed E-state index contributed by atoms with van der Waals surface area (Å²) >= 11 is 0. The van der Waals surface area contributed by atoms with Crippen molar-refractivity contribution < 1.29 is 14.7 Å². The maximum Gasteiger partial charge on any atom is 0.358 e. The number of hydrogen-bond acceptors (Lipinski definition) is 5. The maximum atomic E-state index is 11.5. The van der Waals surface area contributed by atoms with Crippen LogP contribution in [0.15, 0.2) is 6.20 Å². The molecule has 1 amide bonds. The minimum atomic E-state index is -1.12. The Labute approximate surface area is 104 Å². The largest absolute Gasteiger partial charge is 0.476 e. The molecular weight excluding hydrogens is 238 g/mol. The molecule has 1 rings (SSSR count). The number of aromatic nitrogens is 3. The molecular formula is C10H17N5O3. The topological polar surface area (TPSA) is 109 Å². The molecule has 0 aliphatic rings. The van der Waals surface area contributed by atoms with E-state index in [9.17, 15) is 9.59 Å². The third kappa shape index (κ3) is 4.13. The predicted octanol–water partition coefficient (Wildman–Crippen LogP) is -1.05. The van der Waals surface area contributed by atoms with Crippen LogP contribution in [0, 0.1) is 5.92 Å². The second-order valence-electron chi connectivity index (χ2n) is 3.92. The molecule has 0 spiro atoms. The Bertz CT molecular complexity index is 417. The third-order valence-corrected chi connectivity index (χ3v) is 2.36. The minimum absolute atomic E-state index is 0.0528. The van der Waals surface area contributed by atoms with E-state index in [0.29, 0.717) is 19.6 Å². The Kier molecular flexibility index (Phi) is 5.25. The zero-order valence-electron chi connectivity index (χ0n) is 10.4. The molecule has 0 aromatic carbocycles. The van der Waals surface area contributed by atoms with Crippen LogP contribution in [0.4, 0.5) is 0 Å². The van der Waals surface area contributed by atoms with Gasteiger partial charge in [-0.1, -0.05) is 12.1 Å². The summed E-state index contributed by atoms with van der Waals surface area (Å²) in [4.78, 5) is 22.1. The van der Waals surface area contributed by atoms with Crippen molar-refractivity contribution in [3.05, 3.63) is 11.9 Å². The number of carboxylic acids is 1. The van der Waals surface area contributed by atoms with Gasteiger partial charge in [0.05, 0.1) is 12.7 Å². The van der Waals surface area contributed by atoms with Crippen molar-refractivity contribution in [2.45, 2.75) is 13.5 Å². The molecule has 8 heteroatoms. The van der Waals surface area contributed by atoms with Crippen LogP contribution in [0.2, 0.25) is 0 Å². The smallest absolute Gasteiger partial charge is 0.358 e. The van der Waals surface area contributed by atoms with E-state index in [1.807, 2.05) is 6.92 Å². The van der Waals surface area contributed by atoms with Gasteiger partial charge in [-0.2, -0.15) is 0 Å². The number of carboxylic acid groups (broad SMARTS) is 1. The molecule has 0 saturated heterocycles. The van der Waals surface area contributed by atoms with Gasteiger partial charge in [-0.15, -0.1) is 5.10 Å². The van der Waals surface area contributed by atoms with E-state index in [1.54, 1.807) is 7.05 Å². The van der Waals surface area contributed by atoms with Gasteiger partial charge in [0.1, 0.15) is 0 Å². The Balaban J connectivity index is 2.32. The molecule has 0 bridgehead atoms. The van der Waals surface area contributed by atoms with Crippen LogP contribution in [0.3, 0.4) is 0 Å². The fourth-order valence-corrected chi connectivity index (χ4v) is 1.37. The zero-order chi connectivity index (χ0) is 13.5. The van der Waals surface area contributed by atoms with Crippen LogP contribution in [0.25, 0.3) is 0 Å². The molecule has 8 nitrogen and oxygen atoms in total. The lowest BCUT2D eigenvalue weighted by Crippen LogP contribution is -2.36. The van der Waals surface area contributed by atoms with E-state index in [1.165, 1.54) is 10.9 Å². The van der Waals surface area contributed by atoms with Gasteiger partial charge >= 0.3 is 5.97 Å². The van der Waals surface area contributed by atoms with Crippen LogP contribution >= 0.6 is 0 Å². The van der Waals surface area contributed by atoms with Gasteiger partial charge in [0.15, 0.2) is 5.69 Å². The molecule has 0 saturated carbocycles. The molecule has 1 heterocycles. The second-order valence-corrected chi connectivity index (χ2v) is 3.92. The average Bonchev–Trinajstić information content (AvgIpc) is 2.78. The van der Waals surface area contributed by atoms with Gasteiger partial charge in [-0.25, -0.2) is 9.48 Å². The number of amides is 1. The Morgan fingerprint density at radius 2 is 2.28 bits per heavy atom. The lowest BCUT2D eigenvalue weighted by atomic mass is 10.1. The van der Waals surface area contributed by atoms with Crippen molar-refractivity contribution >= 4 is 11.9 Å². The molecule has 0 fully saturated rings. The summed E-state index contributed by atoms with van der Waals surface area (Å²) in [5, 5.41) is 21.4. The molecule has 18 heavy (non-hydrogen) atoms. The first-order valence-electron chi connectivity index (χ1n) is 5.60. The number of carbonyl (C=O) groups excluding carboxylic acids is 1. The summed E-state index contributed by atoms with van der Waals surface area (Å²) in [6.45, 7) is 3.20. The third-order valence-electron chi connectivity index (χ3n) is 2.36. The van der Waals surface area contributed by atoms with Crippen LogP contribution in [-0.2, 0) is 11.3 Å². The van der Waals surface area contributed by atoms with Crippen LogP contribution in [0.5, 0.6) is 0 Å². The van der Waals surface area contributed by atoms with E-state index in [2.05, 4.69) is 20.9 Å². The second kappa shape index (κ2) is 6.70. The molecule has 0 aliphatic heterocycles. The Hall–Kier alpha value is -1.96. The quantitative estimate of drug-likeness (QED) is 0.573. The molecule has 1 aromatic rings. The van der Waals surface area contributed by atoms with Gasteiger partial charge in [0.2, 0.25) is 5.91 Å². The van der Waals surface area contributed by atoms with Crippen molar-refractivity contribution in [1.82, 2.24) is 25.6 Å². The summed E-state index contributed by atoms with van der Waals surface area (Å²) in [5.41, 5.74) is -0.107. The summed E-state index contributed by atoms with van der Waals surface area (Å²) in [6.07, 6.45) is 1.32. The number of aromatic carboxylic acids is 1. The van der Waals surface area contributed by atoms with E-state index < -0.39 is 5.97 Å². The highest BCUT2D eigenvalue weighted by atomic mass is 16.4. The first kappa shape index (κ1) is 14.1.